The molecule has 0 bridgehead atoms. The van der Waals surface area contributed by atoms with Gasteiger partial charge in [0.25, 0.3) is 0 Å². The Bertz CT molecular complexity index is 668. The van der Waals surface area contributed by atoms with E-state index >= 15 is 0 Å². The highest BCUT2D eigenvalue weighted by atomic mass is 35.5. The molecule has 0 saturated carbocycles. The minimum atomic E-state index is 0. The highest BCUT2D eigenvalue weighted by molar-refractivity contribution is 7.99. The van der Waals surface area contributed by atoms with E-state index in [0.717, 1.165) is 22.6 Å². The summed E-state index contributed by atoms with van der Waals surface area (Å²) in [4.78, 5) is 4.30. The van der Waals surface area contributed by atoms with E-state index in [1.54, 1.807) is 17.8 Å². The smallest absolute Gasteiger partial charge is 0.177 e. The van der Waals surface area contributed by atoms with Crippen molar-refractivity contribution in [2.75, 3.05) is 5.75 Å². The Morgan fingerprint density at radius 2 is 2.30 bits per heavy atom. The molecule has 1 aliphatic heterocycles. The van der Waals surface area contributed by atoms with Crippen molar-refractivity contribution in [2.45, 2.75) is 23.9 Å². The van der Waals surface area contributed by atoms with Gasteiger partial charge in [0.15, 0.2) is 4.77 Å². The number of nitrogens with two attached hydrogens (primary N) is 1. The third kappa shape index (κ3) is 2.74. The number of hydrogen-bond acceptors (Lipinski definition) is 4. The topological polar surface area (TPSA) is 67.0 Å². The van der Waals surface area contributed by atoms with E-state index in [0.29, 0.717) is 12.3 Å². The van der Waals surface area contributed by atoms with Gasteiger partial charge in [0, 0.05) is 29.4 Å². The Morgan fingerprint density at radius 1 is 1.50 bits per heavy atom. The maximum absolute atomic E-state index is 9.60. The summed E-state index contributed by atoms with van der Waals surface area (Å²) in [6.07, 6.45) is 2.75. The lowest BCUT2D eigenvalue weighted by atomic mass is 10.1. The second-order valence-corrected chi connectivity index (χ2v) is 6.07. The number of aromatic nitrogens is 2. The van der Waals surface area contributed by atoms with Gasteiger partial charge in [-0.05, 0) is 42.4 Å². The lowest BCUT2D eigenvalue weighted by Gasteiger charge is -2.26. The monoisotopic (exact) mass is 329 g/mol. The van der Waals surface area contributed by atoms with Gasteiger partial charge in [0.2, 0.25) is 0 Å². The molecule has 4 N–H and O–H groups in total. The summed E-state index contributed by atoms with van der Waals surface area (Å²) in [5, 5.41) is 9.60. The van der Waals surface area contributed by atoms with Crippen molar-refractivity contribution in [2.24, 2.45) is 5.73 Å². The number of benzene rings is 1. The summed E-state index contributed by atoms with van der Waals surface area (Å²) < 4.78 is 2.82. The minimum Gasteiger partial charge on any atom is -0.508 e. The number of thioether (sulfide) groups is 1. The van der Waals surface area contributed by atoms with E-state index in [-0.39, 0.29) is 18.4 Å². The molecule has 1 aromatic carbocycles. The standard InChI is InChI=1S/C13H15N3OS2.ClH/c14-5-10-6-15-13(18)16(10)9-3-8-4-11(17)1-2-12(8)19-7-9;/h1-2,4,6,9,17H,3,5,7,14H2,(H,15,18);1H/t9-;/m1./s1. The van der Waals surface area contributed by atoms with Gasteiger partial charge in [-0.25, -0.2) is 0 Å². The molecule has 0 fully saturated rings. The van der Waals surface area contributed by atoms with Gasteiger partial charge < -0.3 is 20.4 Å². The largest absolute Gasteiger partial charge is 0.508 e. The summed E-state index contributed by atoms with van der Waals surface area (Å²) in [5.41, 5.74) is 7.96. The first kappa shape index (κ1) is 15.4. The quantitative estimate of drug-likeness (QED) is 0.741. The van der Waals surface area contributed by atoms with E-state index in [2.05, 4.69) is 9.55 Å². The van der Waals surface area contributed by atoms with Gasteiger partial charge in [0.05, 0.1) is 5.69 Å². The van der Waals surface area contributed by atoms with Crippen molar-refractivity contribution >= 4 is 36.4 Å². The van der Waals surface area contributed by atoms with Crippen molar-refractivity contribution in [3.63, 3.8) is 0 Å². The second kappa shape index (κ2) is 6.22. The number of imidazole rings is 1. The number of nitrogens with zero attached hydrogens (tertiary/aromatic N) is 1. The normalized spacial score (nSPS) is 17.4. The van der Waals surface area contributed by atoms with Crippen LogP contribution in [0.1, 0.15) is 17.3 Å². The number of aromatic hydroxyl groups is 1. The van der Waals surface area contributed by atoms with Crippen LogP contribution < -0.4 is 5.73 Å². The number of phenolic OH excluding ortho intramolecular Hbond substituents is 1. The zero-order valence-electron chi connectivity index (χ0n) is 10.7. The molecule has 1 aliphatic rings. The summed E-state index contributed by atoms with van der Waals surface area (Å²) in [5.74, 6) is 1.29. The molecular formula is C13H16ClN3OS2. The summed E-state index contributed by atoms with van der Waals surface area (Å²) in [7, 11) is 0. The highest BCUT2D eigenvalue weighted by Crippen LogP contribution is 2.37. The van der Waals surface area contributed by atoms with Crippen LogP contribution in [0.2, 0.25) is 0 Å². The lowest BCUT2D eigenvalue weighted by Crippen LogP contribution is -2.21. The molecule has 3 rings (SSSR count). The molecule has 0 spiro atoms. The molecule has 7 heteroatoms. The van der Waals surface area contributed by atoms with Crippen LogP contribution in [0.5, 0.6) is 5.75 Å². The third-order valence-corrected chi connectivity index (χ3v) is 4.97. The molecule has 108 valence electrons. The molecule has 0 unspecified atom stereocenters. The van der Waals surface area contributed by atoms with Crippen LogP contribution in [0.4, 0.5) is 0 Å². The summed E-state index contributed by atoms with van der Waals surface area (Å²) in [6, 6.07) is 5.84. The fraction of sp³-hybridized carbons (Fsp3) is 0.308. The fourth-order valence-electron chi connectivity index (χ4n) is 2.50. The Balaban J connectivity index is 0.00000147. The molecule has 4 nitrogen and oxygen atoms in total. The first-order chi connectivity index (χ1) is 9.19. The molecule has 1 atom stereocenters. The number of phenols is 1. The van der Waals surface area contributed by atoms with Crippen molar-refractivity contribution in [1.82, 2.24) is 9.55 Å². The van der Waals surface area contributed by atoms with Crippen molar-refractivity contribution in [3.8, 4) is 5.75 Å². The molecular weight excluding hydrogens is 314 g/mol. The number of aromatic amines is 1. The number of rotatable bonds is 2. The molecule has 1 aromatic heterocycles. The van der Waals surface area contributed by atoms with Crippen LogP contribution in [0.25, 0.3) is 0 Å². The molecule has 0 radical (unpaired) electrons. The van der Waals surface area contributed by atoms with Gasteiger partial charge >= 0.3 is 0 Å². The predicted molar refractivity (Wildman–Crippen MR) is 86.3 cm³/mol. The first-order valence-electron chi connectivity index (χ1n) is 6.12. The predicted octanol–water partition coefficient (Wildman–Crippen LogP) is 3.02. The number of H-pyrrole nitrogens is 1. The van der Waals surface area contributed by atoms with Crippen molar-refractivity contribution in [1.29, 1.82) is 0 Å². The molecule has 0 aliphatic carbocycles. The van der Waals surface area contributed by atoms with Crippen molar-refractivity contribution in [3.05, 3.63) is 40.4 Å². The van der Waals surface area contributed by atoms with Crippen LogP contribution in [-0.4, -0.2) is 20.4 Å². The van der Waals surface area contributed by atoms with Crippen LogP contribution in [0.3, 0.4) is 0 Å². The van der Waals surface area contributed by atoms with Gasteiger partial charge in [-0.1, -0.05) is 0 Å². The van der Waals surface area contributed by atoms with Crippen LogP contribution in [-0.2, 0) is 13.0 Å². The molecule has 0 amide bonds. The van der Waals surface area contributed by atoms with Crippen LogP contribution in [0.15, 0.2) is 29.3 Å². The number of halogens is 1. The zero-order chi connectivity index (χ0) is 13.4. The molecule has 0 saturated heterocycles. The van der Waals surface area contributed by atoms with Crippen LogP contribution in [0, 0.1) is 4.77 Å². The SMILES string of the molecule is Cl.NCc1c[nH]c(=S)n1[C@H]1CSc2ccc(O)cc2C1. The average molecular weight is 330 g/mol. The van der Waals surface area contributed by atoms with E-state index < -0.39 is 0 Å². The highest BCUT2D eigenvalue weighted by Gasteiger charge is 2.23. The Hall–Kier alpha value is -0.950. The zero-order valence-corrected chi connectivity index (χ0v) is 13.2. The Morgan fingerprint density at radius 3 is 3.05 bits per heavy atom. The number of fused-ring (bicyclic) bond motifs is 1. The maximum Gasteiger partial charge on any atom is 0.177 e. The van der Waals surface area contributed by atoms with Gasteiger partial charge in [-0.15, -0.1) is 24.2 Å². The fourth-order valence-corrected chi connectivity index (χ4v) is 3.96. The third-order valence-electron chi connectivity index (χ3n) is 3.40. The van der Waals surface area contributed by atoms with Crippen molar-refractivity contribution < 1.29 is 5.11 Å². The molecule has 2 aromatic rings. The van der Waals surface area contributed by atoms with Gasteiger partial charge in [-0.2, -0.15) is 0 Å². The van der Waals surface area contributed by atoms with E-state index in [9.17, 15) is 5.11 Å². The number of nitrogens with one attached hydrogen (secondary N) is 1. The Labute approximate surface area is 132 Å². The maximum atomic E-state index is 9.60. The van der Waals surface area contributed by atoms with E-state index in [4.69, 9.17) is 18.0 Å². The lowest BCUT2D eigenvalue weighted by molar-refractivity contribution is 0.470. The minimum absolute atomic E-state index is 0. The molecule has 20 heavy (non-hydrogen) atoms. The Kier molecular flexibility index (Phi) is 4.80. The molecule has 2 heterocycles. The summed E-state index contributed by atoms with van der Waals surface area (Å²) >= 11 is 7.14. The number of hydrogen-bond donors (Lipinski definition) is 3. The van der Waals surface area contributed by atoms with Crippen LogP contribution >= 0.6 is 36.4 Å². The van der Waals surface area contributed by atoms with Gasteiger partial charge in [-0.3, -0.25) is 0 Å². The average Bonchev–Trinajstić information content (AvgIpc) is 2.79. The second-order valence-electron chi connectivity index (χ2n) is 4.62. The summed E-state index contributed by atoms with van der Waals surface area (Å²) in [6.45, 7) is 0.473. The first-order valence-corrected chi connectivity index (χ1v) is 7.52. The van der Waals surface area contributed by atoms with E-state index in [1.165, 1.54) is 10.5 Å². The van der Waals surface area contributed by atoms with Gasteiger partial charge in [0.1, 0.15) is 5.75 Å². The van der Waals surface area contributed by atoms with E-state index in [1.807, 2.05) is 18.3 Å².